The van der Waals surface area contributed by atoms with Crippen LogP contribution in [-0.2, 0) is 11.2 Å². The first kappa shape index (κ1) is 11.0. The van der Waals surface area contributed by atoms with Gasteiger partial charge >= 0.3 is 0 Å². The Bertz CT molecular complexity index is 479. The Morgan fingerprint density at radius 2 is 2.53 bits per heavy atom. The van der Waals surface area contributed by atoms with Gasteiger partial charge in [0.15, 0.2) is 0 Å². The van der Waals surface area contributed by atoms with Crippen molar-refractivity contribution in [3.63, 3.8) is 0 Å². The van der Waals surface area contributed by atoms with E-state index in [-0.39, 0.29) is 18.3 Å². The van der Waals surface area contributed by atoms with E-state index in [9.17, 15) is 4.79 Å². The number of nitrogens with one attached hydrogen (secondary N) is 2. The van der Waals surface area contributed by atoms with Crippen LogP contribution >= 0.6 is 0 Å². The number of aryl methyl sites for hydroxylation is 1. The summed E-state index contributed by atoms with van der Waals surface area (Å²) in [5.74, 6) is 0.871. The number of amides is 1. The van der Waals surface area contributed by atoms with Crippen LogP contribution < -0.4 is 10.1 Å². The molecule has 0 saturated carbocycles. The van der Waals surface area contributed by atoms with Gasteiger partial charge in [-0.05, 0) is 10.4 Å². The van der Waals surface area contributed by atoms with Crippen LogP contribution in [0.2, 0.25) is 0 Å². The number of ether oxygens (including phenoxy) is 1. The first-order chi connectivity index (χ1) is 8.28. The summed E-state index contributed by atoms with van der Waals surface area (Å²) in [6.07, 6.45) is 0.646. The number of tetrazole rings is 1. The number of methoxy groups -OCH3 is 1. The lowest BCUT2D eigenvalue weighted by Gasteiger charge is -1.97. The number of aromatic amines is 1. The van der Waals surface area contributed by atoms with E-state index < -0.39 is 0 Å². The number of aromatic nitrogens is 5. The average Bonchev–Trinajstić information content (AvgIpc) is 2.96. The van der Waals surface area contributed by atoms with Crippen LogP contribution in [-0.4, -0.2) is 38.8 Å². The van der Waals surface area contributed by atoms with Crippen molar-refractivity contribution in [1.82, 2.24) is 25.8 Å². The predicted octanol–water partition coefficient (Wildman–Crippen LogP) is -0.232. The van der Waals surface area contributed by atoms with Crippen LogP contribution in [0.4, 0.5) is 5.95 Å². The third-order valence-corrected chi connectivity index (χ3v) is 1.94. The highest BCUT2D eigenvalue weighted by molar-refractivity contribution is 5.88. The Morgan fingerprint density at radius 1 is 1.65 bits per heavy atom. The van der Waals surface area contributed by atoms with Crippen molar-refractivity contribution in [3.8, 4) is 5.88 Å². The molecule has 2 aromatic rings. The standard InChI is InChI=1S/C8H10N6O3/c1-16-7-4-5(17-12-7)2-3-6(15)9-8-10-13-14-11-8/h4H,2-3H2,1H3,(H2,9,10,11,13,14,15). The molecular weight excluding hydrogens is 228 g/mol. The number of carbonyl (C=O) groups excluding carboxylic acids is 1. The lowest BCUT2D eigenvalue weighted by atomic mass is 10.2. The van der Waals surface area contributed by atoms with E-state index in [1.807, 2.05) is 0 Å². The number of H-pyrrole nitrogens is 1. The largest absolute Gasteiger partial charge is 0.479 e. The zero-order valence-corrected chi connectivity index (χ0v) is 9.01. The molecule has 2 rings (SSSR count). The summed E-state index contributed by atoms with van der Waals surface area (Å²) in [7, 11) is 1.49. The number of anilines is 1. The minimum atomic E-state index is -0.234. The van der Waals surface area contributed by atoms with Crippen LogP contribution in [0, 0.1) is 0 Å². The molecule has 0 aliphatic rings. The van der Waals surface area contributed by atoms with Gasteiger partial charge in [0.2, 0.25) is 5.91 Å². The van der Waals surface area contributed by atoms with Crippen molar-refractivity contribution in [2.24, 2.45) is 0 Å². The van der Waals surface area contributed by atoms with E-state index in [2.05, 4.69) is 31.1 Å². The van der Waals surface area contributed by atoms with E-state index >= 15 is 0 Å². The molecule has 90 valence electrons. The van der Waals surface area contributed by atoms with Gasteiger partial charge in [0, 0.05) is 18.9 Å². The highest BCUT2D eigenvalue weighted by atomic mass is 16.5. The number of hydrogen-bond donors (Lipinski definition) is 2. The van der Waals surface area contributed by atoms with Gasteiger partial charge in [-0.3, -0.25) is 10.1 Å². The molecule has 2 heterocycles. The summed E-state index contributed by atoms with van der Waals surface area (Å²) in [6, 6.07) is 1.63. The van der Waals surface area contributed by atoms with E-state index in [0.717, 1.165) is 0 Å². The van der Waals surface area contributed by atoms with Gasteiger partial charge in [0.05, 0.1) is 7.11 Å². The summed E-state index contributed by atoms with van der Waals surface area (Å²) in [5.41, 5.74) is 0. The van der Waals surface area contributed by atoms with Crippen LogP contribution in [0.3, 0.4) is 0 Å². The maximum Gasteiger partial charge on any atom is 0.269 e. The first-order valence-electron chi connectivity index (χ1n) is 4.81. The molecule has 0 aromatic carbocycles. The highest BCUT2D eigenvalue weighted by Crippen LogP contribution is 2.12. The molecule has 2 aromatic heterocycles. The Kier molecular flexibility index (Phi) is 3.28. The third kappa shape index (κ3) is 3.00. The summed E-state index contributed by atoms with van der Waals surface area (Å²) >= 11 is 0. The van der Waals surface area contributed by atoms with Crippen molar-refractivity contribution >= 4 is 11.9 Å². The van der Waals surface area contributed by atoms with Gasteiger partial charge in [0.25, 0.3) is 11.8 Å². The van der Waals surface area contributed by atoms with Crippen molar-refractivity contribution in [3.05, 3.63) is 11.8 Å². The van der Waals surface area contributed by atoms with Gasteiger partial charge in [-0.2, -0.15) is 5.21 Å². The van der Waals surface area contributed by atoms with E-state index in [0.29, 0.717) is 18.1 Å². The smallest absolute Gasteiger partial charge is 0.269 e. The Morgan fingerprint density at radius 3 is 3.18 bits per heavy atom. The van der Waals surface area contributed by atoms with Crippen molar-refractivity contribution in [2.75, 3.05) is 12.4 Å². The molecule has 0 unspecified atom stereocenters. The normalized spacial score (nSPS) is 10.2. The van der Waals surface area contributed by atoms with Gasteiger partial charge in [-0.15, -0.1) is 5.10 Å². The highest BCUT2D eigenvalue weighted by Gasteiger charge is 2.09. The Labute approximate surface area is 95.5 Å². The summed E-state index contributed by atoms with van der Waals surface area (Å²) in [5, 5.41) is 18.8. The zero-order chi connectivity index (χ0) is 12.1. The Balaban J connectivity index is 1.79. The minimum Gasteiger partial charge on any atom is -0.479 e. The number of rotatable bonds is 5. The van der Waals surface area contributed by atoms with Crippen LogP contribution in [0.15, 0.2) is 10.6 Å². The van der Waals surface area contributed by atoms with Crippen molar-refractivity contribution in [2.45, 2.75) is 12.8 Å². The average molecular weight is 238 g/mol. The topological polar surface area (TPSA) is 119 Å². The molecule has 0 fully saturated rings. The molecule has 0 saturated heterocycles. The third-order valence-electron chi connectivity index (χ3n) is 1.94. The van der Waals surface area contributed by atoms with Crippen molar-refractivity contribution < 1.29 is 14.1 Å². The number of nitrogens with zero attached hydrogens (tertiary/aromatic N) is 4. The lowest BCUT2D eigenvalue weighted by Crippen LogP contribution is -2.13. The molecule has 17 heavy (non-hydrogen) atoms. The number of carbonyl (C=O) groups is 1. The van der Waals surface area contributed by atoms with Gasteiger partial charge in [0.1, 0.15) is 5.76 Å². The second-order valence-electron chi connectivity index (χ2n) is 3.12. The molecule has 1 amide bonds. The predicted molar refractivity (Wildman–Crippen MR) is 54.2 cm³/mol. The molecule has 0 atom stereocenters. The van der Waals surface area contributed by atoms with Gasteiger partial charge in [-0.25, -0.2) is 0 Å². The molecule has 9 heteroatoms. The monoisotopic (exact) mass is 238 g/mol. The van der Waals surface area contributed by atoms with Crippen LogP contribution in [0.5, 0.6) is 5.88 Å². The molecule has 0 aliphatic carbocycles. The summed E-state index contributed by atoms with van der Waals surface area (Å²) in [6.45, 7) is 0. The fraction of sp³-hybridized carbons (Fsp3) is 0.375. The molecule has 2 N–H and O–H groups in total. The molecule has 9 nitrogen and oxygen atoms in total. The van der Waals surface area contributed by atoms with E-state index in [4.69, 9.17) is 9.26 Å². The second kappa shape index (κ2) is 5.05. The second-order valence-corrected chi connectivity index (χ2v) is 3.12. The first-order valence-corrected chi connectivity index (χ1v) is 4.81. The van der Waals surface area contributed by atoms with Crippen LogP contribution in [0.1, 0.15) is 12.2 Å². The maximum atomic E-state index is 11.4. The SMILES string of the molecule is COc1cc(CCC(=O)Nc2nn[nH]n2)on1. The Hall–Kier alpha value is -2.45. The van der Waals surface area contributed by atoms with Crippen molar-refractivity contribution in [1.29, 1.82) is 0 Å². The maximum absolute atomic E-state index is 11.4. The zero-order valence-electron chi connectivity index (χ0n) is 9.01. The molecular formula is C8H10N6O3. The number of hydrogen-bond acceptors (Lipinski definition) is 7. The van der Waals surface area contributed by atoms with Crippen LogP contribution in [0.25, 0.3) is 0 Å². The van der Waals surface area contributed by atoms with E-state index in [1.165, 1.54) is 7.11 Å². The lowest BCUT2D eigenvalue weighted by molar-refractivity contribution is -0.116. The van der Waals surface area contributed by atoms with Gasteiger partial charge < -0.3 is 9.26 Å². The molecule has 0 aliphatic heterocycles. The summed E-state index contributed by atoms with van der Waals surface area (Å²) in [4.78, 5) is 11.4. The van der Waals surface area contributed by atoms with E-state index in [1.54, 1.807) is 6.07 Å². The molecule has 0 radical (unpaired) electrons. The molecule has 0 spiro atoms. The summed E-state index contributed by atoms with van der Waals surface area (Å²) < 4.78 is 9.79. The van der Waals surface area contributed by atoms with Gasteiger partial charge in [-0.1, -0.05) is 5.10 Å². The minimum absolute atomic E-state index is 0.144. The fourth-order valence-corrected chi connectivity index (χ4v) is 1.15. The molecule has 0 bridgehead atoms. The quantitative estimate of drug-likeness (QED) is 0.738. The fourth-order valence-electron chi connectivity index (χ4n) is 1.15.